The van der Waals surface area contributed by atoms with E-state index in [2.05, 4.69) is 2.59 Å². The van der Waals surface area contributed by atoms with Gasteiger partial charge in [-0.25, -0.2) is 0 Å². The second kappa shape index (κ2) is 9.07. The Hall–Kier alpha value is 0.0697. The zero-order valence-corrected chi connectivity index (χ0v) is 7.67. The molecule has 0 aromatic carbocycles. The quantitative estimate of drug-likeness (QED) is 0.419. The first-order chi connectivity index (χ1) is 4.63. The summed E-state index contributed by atoms with van der Waals surface area (Å²) in [7, 11) is 0. The molecule has 0 amide bonds. The van der Waals surface area contributed by atoms with Gasteiger partial charge in [0.1, 0.15) is 0 Å². The SMILES string of the molecule is O=C([O-])CCC(=O)[O-].[CH2]=[Ca+2]. The number of aliphatic carboxylic acids is 2. The summed E-state index contributed by atoms with van der Waals surface area (Å²) in [5.74, 6) is -2.73. The summed E-state index contributed by atoms with van der Waals surface area (Å²) in [6.07, 6.45) is -0.940. The van der Waals surface area contributed by atoms with Gasteiger partial charge in [-0.05, 0) is 12.8 Å². The number of hydrogen-bond donors (Lipinski definition) is 0. The maximum atomic E-state index is 9.50. The van der Waals surface area contributed by atoms with E-state index in [0.29, 0.717) is 0 Å². The molecule has 0 saturated heterocycles. The van der Waals surface area contributed by atoms with Crippen molar-refractivity contribution in [2.75, 3.05) is 0 Å². The van der Waals surface area contributed by atoms with Gasteiger partial charge in [-0.1, -0.05) is 0 Å². The van der Waals surface area contributed by atoms with Gasteiger partial charge in [0.05, 0.1) is 0 Å². The van der Waals surface area contributed by atoms with E-state index in [-0.39, 0.29) is 0 Å². The van der Waals surface area contributed by atoms with E-state index in [1.54, 1.807) is 0 Å². The van der Waals surface area contributed by atoms with Crippen LogP contribution in [0.1, 0.15) is 12.8 Å². The maximum absolute atomic E-state index is 9.50. The normalized spacial score (nSPS) is 7.20. The Morgan fingerprint density at radius 1 is 1.10 bits per heavy atom. The number of carbonyl (C=O) groups excluding carboxylic acids is 2. The fourth-order valence-electron chi connectivity index (χ4n) is 0.204. The first kappa shape index (κ1) is 12.7. The molecule has 0 rings (SSSR count). The third kappa shape index (κ3) is 15.7. The van der Waals surface area contributed by atoms with Crippen LogP contribution < -0.4 is 10.2 Å². The average Bonchev–Trinajstić information content (AvgIpc) is 1.89. The first-order valence-corrected chi connectivity index (χ1v) is 4.09. The summed E-state index contributed by atoms with van der Waals surface area (Å²) in [5.41, 5.74) is 0. The standard InChI is InChI=1S/C4H6O4.CH2.Ca/c5-3(6)1-2-4(7)8;;/h1-2H2,(H,5,6)(H,7,8);1H2;/q;;+2/p-2. The van der Waals surface area contributed by atoms with Gasteiger partial charge in [0.2, 0.25) is 0 Å². The van der Waals surface area contributed by atoms with Gasteiger partial charge in [0, 0.05) is 11.9 Å². The van der Waals surface area contributed by atoms with E-state index >= 15 is 0 Å². The molecule has 0 aromatic rings. The van der Waals surface area contributed by atoms with Crippen LogP contribution in [0.5, 0.6) is 0 Å². The summed E-state index contributed by atoms with van der Waals surface area (Å²) in [4.78, 5) is 19.0. The monoisotopic (exact) mass is 170 g/mol. The third-order valence-electron chi connectivity index (χ3n) is 0.533. The van der Waals surface area contributed by atoms with Crippen molar-refractivity contribution in [2.24, 2.45) is 0 Å². The second-order valence-electron chi connectivity index (χ2n) is 1.24. The second-order valence-corrected chi connectivity index (χ2v) is 1.24. The fourth-order valence-corrected chi connectivity index (χ4v) is 0.204. The van der Waals surface area contributed by atoms with E-state index in [4.69, 9.17) is 0 Å². The molecule has 6 radical (unpaired) electrons. The van der Waals surface area contributed by atoms with E-state index < -0.39 is 24.8 Å². The fraction of sp³-hybridized carbons (Fsp3) is 0.400. The third-order valence-corrected chi connectivity index (χ3v) is 0.533. The molecule has 0 spiro atoms. The summed E-state index contributed by atoms with van der Waals surface area (Å²) in [5, 5.41) is 19.0. The molecule has 0 aliphatic rings. The summed E-state index contributed by atoms with van der Waals surface area (Å²) in [6, 6.07) is 0. The van der Waals surface area contributed by atoms with E-state index in [0.717, 1.165) is 35.3 Å². The van der Waals surface area contributed by atoms with Gasteiger partial charge < -0.3 is 19.8 Å². The van der Waals surface area contributed by atoms with E-state index in [9.17, 15) is 19.8 Å². The Balaban J connectivity index is 0. The number of carboxylic acid groups (broad SMARTS) is 2. The van der Waals surface area contributed by atoms with Crippen molar-refractivity contribution in [3.63, 3.8) is 0 Å². The molecule has 10 heavy (non-hydrogen) atoms. The topological polar surface area (TPSA) is 80.3 Å². The molecule has 0 N–H and O–H groups in total. The summed E-state index contributed by atoms with van der Waals surface area (Å²) < 4.78 is 3.38. The predicted octanol–water partition coefficient (Wildman–Crippen LogP) is -3.15. The zero-order valence-electron chi connectivity index (χ0n) is 5.46. The average molecular weight is 170 g/mol. The van der Waals surface area contributed by atoms with Gasteiger partial charge in [0.15, 0.2) is 0 Å². The van der Waals surface area contributed by atoms with E-state index in [1.165, 1.54) is 0 Å². The number of carboxylic acids is 2. The molecule has 0 aliphatic heterocycles. The van der Waals surface area contributed by atoms with Crippen LogP contribution in [0.2, 0.25) is 0 Å². The first-order valence-electron chi connectivity index (χ1n) is 2.52. The van der Waals surface area contributed by atoms with Crippen LogP contribution in [0.3, 0.4) is 0 Å². The van der Waals surface area contributed by atoms with Crippen LogP contribution in [0.4, 0.5) is 0 Å². The Morgan fingerprint density at radius 2 is 1.30 bits per heavy atom. The number of rotatable bonds is 3. The van der Waals surface area contributed by atoms with Crippen LogP contribution in [0.25, 0.3) is 0 Å². The molecule has 0 unspecified atom stereocenters. The molecule has 4 nitrogen and oxygen atoms in total. The Labute approximate surface area is 81.9 Å². The molecular weight excluding hydrogens is 164 g/mol. The molecular formula is C5H6CaO4. The van der Waals surface area contributed by atoms with Gasteiger partial charge in [0.25, 0.3) is 0 Å². The Kier molecular flexibility index (Phi) is 11.5. The molecule has 0 heterocycles. The number of carbonyl (C=O) groups is 2. The van der Waals surface area contributed by atoms with Gasteiger partial charge in [-0.3, -0.25) is 0 Å². The molecule has 0 atom stereocenters. The Morgan fingerprint density at radius 3 is 1.40 bits per heavy atom. The molecule has 0 bridgehead atoms. The summed E-state index contributed by atoms with van der Waals surface area (Å²) >= 11 is 1.12. The van der Waals surface area contributed by atoms with Crippen LogP contribution in [-0.4, -0.2) is 49.8 Å². The molecule has 5 heteroatoms. The van der Waals surface area contributed by atoms with Crippen molar-refractivity contribution < 1.29 is 19.8 Å². The zero-order chi connectivity index (χ0) is 8.57. The predicted molar refractivity (Wildman–Crippen MR) is 32.1 cm³/mol. The van der Waals surface area contributed by atoms with Gasteiger partial charge in [-0.15, -0.1) is 0 Å². The Bertz CT molecular complexity index is 109. The molecule has 0 aliphatic carbocycles. The van der Waals surface area contributed by atoms with Gasteiger partial charge in [-0.2, -0.15) is 0 Å². The minimum absolute atomic E-state index is 0.470. The molecule has 52 valence electrons. The van der Waals surface area contributed by atoms with Crippen molar-refractivity contribution in [1.82, 2.24) is 0 Å². The van der Waals surface area contributed by atoms with Gasteiger partial charge >= 0.3 is 37.9 Å². The molecule has 0 fully saturated rings. The van der Waals surface area contributed by atoms with Crippen molar-refractivity contribution in [3.05, 3.63) is 0 Å². The van der Waals surface area contributed by atoms with Crippen molar-refractivity contribution in [3.8, 4) is 0 Å². The van der Waals surface area contributed by atoms with Crippen LogP contribution in [-0.2, 0) is 9.59 Å². The van der Waals surface area contributed by atoms with Crippen molar-refractivity contribution in [2.45, 2.75) is 12.8 Å². The van der Waals surface area contributed by atoms with Crippen LogP contribution >= 0.6 is 0 Å². The van der Waals surface area contributed by atoms with Crippen LogP contribution in [0.15, 0.2) is 0 Å². The molecule has 0 aromatic heterocycles. The van der Waals surface area contributed by atoms with E-state index in [1.807, 2.05) is 0 Å². The van der Waals surface area contributed by atoms with Crippen molar-refractivity contribution >= 4 is 49.8 Å². The van der Waals surface area contributed by atoms with Crippen LogP contribution in [0, 0.1) is 0 Å². The number of hydrogen-bond acceptors (Lipinski definition) is 4. The summed E-state index contributed by atoms with van der Waals surface area (Å²) in [6.45, 7) is 0. The van der Waals surface area contributed by atoms with Crippen molar-refractivity contribution in [1.29, 1.82) is 0 Å². The minimum atomic E-state index is -1.37. The molecule has 0 saturated carbocycles.